The summed E-state index contributed by atoms with van der Waals surface area (Å²) in [6.07, 6.45) is 2.85. The molecule has 3 fully saturated rings. The Balaban J connectivity index is 1.54. The molecule has 0 N–H and O–H groups in total. The van der Waals surface area contributed by atoms with Gasteiger partial charge < -0.3 is 0 Å². The van der Waals surface area contributed by atoms with Gasteiger partial charge in [-0.2, -0.15) is 5.01 Å². The molecule has 1 aliphatic heterocycles. The van der Waals surface area contributed by atoms with Crippen LogP contribution < -0.4 is 0 Å². The lowest BCUT2D eigenvalue weighted by atomic mass is 9.81. The number of nitrogens with zero attached hydrogens (tertiary/aromatic N) is 2. The van der Waals surface area contributed by atoms with E-state index in [9.17, 15) is 14.4 Å². The molecule has 5 nitrogen and oxygen atoms in total. The number of fused-ring (bicyclic) bond motifs is 5. The van der Waals surface area contributed by atoms with Gasteiger partial charge in [0.05, 0.1) is 39.0 Å². The zero-order valence-electron chi connectivity index (χ0n) is 16.4. The van der Waals surface area contributed by atoms with Crippen molar-refractivity contribution >= 4 is 52.5 Å². The molecule has 2 bridgehead atoms. The summed E-state index contributed by atoms with van der Waals surface area (Å²) in [4.78, 5) is 40.3. The van der Waals surface area contributed by atoms with Crippen molar-refractivity contribution in [2.75, 3.05) is 0 Å². The molecule has 0 unspecified atom stereocenters. The second-order valence-corrected chi connectivity index (χ2v) is 9.69. The van der Waals surface area contributed by atoms with Gasteiger partial charge in [-0.1, -0.05) is 53.0 Å². The van der Waals surface area contributed by atoms with E-state index >= 15 is 0 Å². The molecule has 5 rings (SSSR count). The van der Waals surface area contributed by atoms with Gasteiger partial charge in [-0.15, -0.1) is 0 Å². The highest BCUT2D eigenvalue weighted by Gasteiger charge is 2.62. The van der Waals surface area contributed by atoms with Gasteiger partial charge in [0.1, 0.15) is 0 Å². The van der Waals surface area contributed by atoms with Gasteiger partial charge in [0.25, 0.3) is 17.7 Å². The molecular weight excluding hydrogens is 459 g/mol. The Bertz CT molecular complexity index is 1080. The average Bonchev–Trinajstić information content (AvgIpc) is 3.43. The lowest BCUT2D eigenvalue weighted by Crippen LogP contribution is -2.50. The average molecular weight is 478 g/mol. The lowest BCUT2D eigenvalue weighted by molar-refractivity contribution is -0.156. The van der Waals surface area contributed by atoms with E-state index in [4.69, 9.17) is 34.8 Å². The molecule has 0 spiro atoms. The van der Waals surface area contributed by atoms with Crippen molar-refractivity contribution in [3.05, 3.63) is 68.7 Å². The third-order valence-corrected chi connectivity index (χ3v) is 7.87. The Kier molecular flexibility index (Phi) is 5.24. The summed E-state index contributed by atoms with van der Waals surface area (Å²) in [5.74, 6) is -1.31. The van der Waals surface area contributed by atoms with Gasteiger partial charge in [0, 0.05) is 0 Å². The van der Waals surface area contributed by atoms with Crippen molar-refractivity contribution < 1.29 is 14.4 Å². The summed E-state index contributed by atoms with van der Waals surface area (Å²) in [5, 5.41) is 3.25. The summed E-state index contributed by atoms with van der Waals surface area (Å²) in [6, 6.07) is 11.6. The van der Waals surface area contributed by atoms with Crippen LogP contribution in [-0.4, -0.2) is 27.7 Å². The standard InChI is InChI=1S/C23H19Cl3N2O3/c24-16-4-2-1-3-15(16)21(29)27(11-12-5-8-17(25)18(26)9-12)28-22(30)19-13-6-7-14(10-13)20(19)23(28)31/h1-5,8-9,13-14,19-20H,6-7,10-11H2/t13-,14-,19-,20+/m0/s1. The highest BCUT2D eigenvalue weighted by molar-refractivity contribution is 6.42. The fourth-order valence-corrected chi connectivity index (χ4v) is 5.99. The van der Waals surface area contributed by atoms with Crippen LogP contribution in [0.5, 0.6) is 0 Å². The molecule has 0 radical (unpaired) electrons. The van der Waals surface area contributed by atoms with Crippen molar-refractivity contribution in [3.63, 3.8) is 0 Å². The molecule has 1 heterocycles. The molecule has 160 valence electrons. The topological polar surface area (TPSA) is 57.7 Å². The molecule has 2 aliphatic carbocycles. The summed E-state index contributed by atoms with van der Waals surface area (Å²) in [5.41, 5.74) is 0.875. The number of rotatable bonds is 4. The summed E-state index contributed by atoms with van der Waals surface area (Å²) < 4.78 is 0. The molecule has 3 amide bonds. The molecule has 1 saturated heterocycles. The van der Waals surface area contributed by atoms with Crippen LogP contribution in [0.3, 0.4) is 0 Å². The number of hydrazine groups is 1. The molecule has 2 aromatic rings. The number of halogens is 3. The molecule has 2 aromatic carbocycles. The van der Waals surface area contributed by atoms with Gasteiger partial charge in [0.2, 0.25) is 0 Å². The van der Waals surface area contributed by atoms with Crippen LogP contribution in [0.15, 0.2) is 42.5 Å². The van der Waals surface area contributed by atoms with E-state index in [1.165, 1.54) is 5.01 Å². The molecule has 2 saturated carbocycles. The van der Waals surface area contributed by atoms with Gasteiger partial charge in [-0.05, 0) is 60.9 Å². The maximum absolute atomic E-state index is 13.5. The van der Waals surface area contributed by atoms with Gasteiger partial charge in [-0.3, -0.25) is 14.4 Å². The van der Waals surface area contributed by atoms with Crippen LogP contribution in [0.25, 0.3) is 0 Å². The molecule has 4 atom stereocenters. The minimum atomic E-state index is -0.509. The van der Waals surface area contributed by atoms with Crippen molar-refractivity contribution in [2.24, 2.45) is 23.7 Å². The Hall–Kier alpha value is -2.08. The number of amides is 3. The van der Waals surface area contributed by atoms with E-state index < -0.39 is 5.91 Å². The van der Waals surface area contributed by atoms with Crippen LogP contribution in [-0.2, 0) is 16.1 Å². The summed E-state index contributed by atoms with van der Waals surface area (Å²) in [6.45, 7) is -0.00675. The number of imide groups is 1. The predicted octanol–water partition coefficient (Wildman–Crippen LogP) is 5.24. The third kappa shape index (κ3) is 3.34. The largest absolute Gasteiger partial charge is 0.274 e. The second kappa shape index (κ2) is 7.80. The molecule has 0 aromatic heterocycles. The highest BCUT2D eigenvalue weighted by Crippen LogP contribution is 2.56. The SMILES string of the molecule is O=C(c1ccccc1Cl)N(Cc1ccc(Cl)c(Cl)c1)N1C(=O)[C@@H]2[C@H]3CC[C@@H](C3)[C@@H]2C1=O. The van der Waals surface area contributed by atoms with Crippen LogP contribution >= 0.6 is 34.8 Å². The third-order valence-electron chi connectivity index (χ3n) is 6.80. The molecule has 31 heavy (non-hydrogen) atoms. The van der Waals surface area contributed by atoms with Crippen LogP contribution in [0, 0.1) is 23.7 Å². The zero-order chi connectivity index (χ0) is 21.9. The smallest absolute Gasteiger partial charge is 0.272 e. The fraction of sp³-hybridized carbons (Fsp3) is 0.348. The van der Waals surface area contributed by atoms with E-state index in [1.54, 1.807) is 42.5 Å². The first-order valence-corrected chi connectivity index (χ1v) is 11.4. The molecular formula is C23H19Cl3N2O3. The van der Waals surface area contributed by atoms with Gasteiger partial charge in [-0.25, -0.2) is 5.01 Å². The van der Waals surface area contributed by atoms with E-state index in [0.717, 1.165) is 24.3 Å². The normalized spacial score (nSPS) is 26.5. The Morgan fingerprint density at radius 1 is 0.903 bits per heavy atom. The Labute approximate surface area is 194 Å². The fourth-order valence-electron chi connectivity index (χ4n) is 5.45. The van der Waals surface area contributed by atoms with Crippen LogP contribution in [0.2, 0.25) is 15.1 Å². The van der Waals surface area contributed by atoms with E-state index in [0.29, 0.717) is 15.6 Å². The van der Waals surface area contributed by atoms with Crippen molar-refractivity contribution in [2.45, 2.75) is 25.8 Å². The van der Waals surface area contributed by atoms with E-state index in [1.807, 2.05) is 0 Å². The predicted molar refractivity (Wildman–Crippen MR) is 117 cm³/mol. The Morgan fingerprint density at radius 2 is 1.55 bits per heavy atom. The van der Waals surface area contributed by atoms with Crippen LogP contribution in [0.4, 0.5) is 0 Å². The highest BCUT2D eigenvalue weighted by atomic mass is 35.5. The maximum Gasteiger partial charge on any atom is 0.274 e. The second-order valence-electron chi connectivity index (χ2n) is 8.46. The quantitative estimate of drug-likeness (QED) is 0.566. The minimum Gasteiger partial charge on any atom is -0.272 e. The lowest BCUT2D eigenvalue weighted by Gasteiger charge is -2.31. The van der Waals surface area contributed by atoms with Crippen molar-refractivity contribution in [3.8, 4) is 0 Å². The zero-order valence-corrected chi connectivity index (χ0v) is 18.7. The number of carbonyl (C=O) groups is 3. The van der Waals surface area contributed by atoms with Gasteiger partial charge >= 0.3 is 0 Å². The first kappa shape index (κ1) is 20.8. The van der Waals surface area contributed by atoms with Crippen LogP contribution in [0.1, 0.15) is 35.2 Å². The van der Waals surface area contributed by atoms with Gasteiger partial charge in [0.15, 0.2) is 0 Å². The molecule has 8 heteroatoms. The van der Waals surface area contributed by atoms with Crippen molar-refractivity contribution in [1.82, 2.24) is 10.0 Å². The van der Waals surface area contributed by atoms with Crippen molar-refractivity contribution in [1.29, 1.82) is 0 Å². The number of carbonyl (C=O) groups excluding carboxylic acids is 3. The minimum absolute atomic E-state index is 0.00675. The number of hydrogen-bond acceptors (Lipinski definition) is 3. The van der Waals surface area contributed by atoms with E-state index in [-0.39, 0.29) is 52.6 Å². The van der Waals surface area contributed by atoms with E-state index in [2.05, 4.69) is 0 Å². The maximum atomic E-state index is 13.5. The molecule has 3 aliphatic rings. The number of benzene rings is 2. The summed E-state index contributed by atoms with van der Waals surface area (Å²) in [7, 11) is 0. The first-order chi connectivity index (χ1) is 14.9. The number of hydrogen-bond donors (Lipinski definition) is 0. The monoisotopic (exact) mass is 476 g/mol. The first-order valence-electron chi connectivity index (χ1n) is 10.2. The Morgan fingerprint density at radius 3 is 2.16 bits per heavy atom. The summed E-state index contributed by atoms with van der Waals surface area (Å²) >= 11 is 18.5.